The summed E-state index contributed by atoms with van der Waals surface area (Å²) in [5, 5.41) is 2.92. The Balaban J connectivity index is 1.64. The number of carbonyl (C=O) groups excluding carboxylic acids is 1. The Morgan fingerprint density at radius 2 is 2.04 bits per heavy atom. The average molecular weight is 384 g/mol. The van der Waals surface area contributed by atoms with Crippen LogP contribution in [0.3, 0.4) is 0 Å². The van der Waals surface area contributed by atoms with E-state index in [-0.39, 0.29) is 16.0 Å². The van der Waals surface area contributed by atoms with Gasteiger partial charge in [0.1, 0.15) is 17.1 Å². The van der Waals surface area contributed by atoms with Gasteiger partial charge in [-0.05, 0) is 31.9 Å². The molecule has 2 aromatic rings. The first-order chi connectivity index (χ1) is 12.0. The van der Waals surface area contributed by atoms with Crippen molar-refractivity contribution >= 4 is 35.1 Å². The minimum Gasteiger partial charge on any atom is -0.493 e. The molecule has 0 aliphatic heterocycles. The molecule has 0 unspecified atom stereocenters. The Morgan fingerprint density at radius 1 is 1.24 bits per heavy atom. The van der Waals surface area contributed by atoms with Crippen molar-refractivity contribution in [3.05, 3.63) is 45.8 Å². The second-order valence-electron chi connectivity index (χ2n) is 5.30. The Labute approximate surface area is 156 Å². The monoisotopic (exact) mass is 383 g/mol. The van der Waals surface area contributed by atoms with Gasteiger partial charge in [0.05, 0.1) is 6.61 Å². The number of halogens is 2. The summed E-state index contributed by atoms with van der Waals surface area (Å²) < 4.78 is 5.70. The molecule has 9 heteroatoms. The van der Waals surface area contributed by atoms with E-state index in [1.807, 2.05) is 26.0 Å². The van der Waals surface area contributed by atoms with Crippen LogP contribution in [0, 0.1) is 13.8 Å². The molecule has 1 aromatic carbocycles. The number of nitrogens with zero attached hydrogens (tertiary/aromatic N) is 2. The molecule has 25 heavy (non-hydrogen) atoms. The molecule has 1 heterocycles. The molecule has 134 valence electrons. The standard InChI is InChI=1S/C16H19Cl2N5O2/c1-10-4-5-12(11(2)8-10)25-7-3-6-19-16(24)23-22-15-13(17)14(18)20-9-21-15/h4-5,8-9H,3,6-7H2,1-2H3,(H2,19,23,24)(H,20,21,22). The van der Waals surface area contributed by atoms with Crippen molar-refractivity contribution in [2.24, 2.45) is 0 Å². The number of aryl methyl sites for hydroxylation is 2. The van der Waals surface area contributed by atoms with Crippen molar-refractivity contribution in [2.45, 2.75) is 20.3 Å². The molecule has 0 saturated carbocycles. The zero-order chi connectivity index (χ0) is 18.2. The second-order valence-corrected chi connectivity index (χ2v) is 6.04. The average Bonchev–Trinajstić information content (AvgIpc) is 2.57. The van der Waals surface area contributed by atoms with Crippen LogP contribution in [0.5, 0.6) is 5.75 Å². The molecule has 0 aliphatic carbocycles. The molecule has 0 atom stereocenters. The van der Waals surface area contributed by atoms with Crippen molar-refractivity contribution < 1.29 is 9.53 Å². The number of ether oxygens (including phenoxy) is 1. The maximum atomic E-state index is 11.7. The maximum Gasteiger partial charge on any atom is 0.333 e. The lowest BCUT2D eigenvalue weighted by Gasteiger charge is -2.11. The minimum atomic E-state index is -0.419. The predicted octanol–water partition coefficient (Wildman–Crippen LogP) is 3.50. The van der Waals surface area contributed by atoms with E-state index in [0.717, 1.165) is 11.3 Å². The van der Waals surface area contributed by atoms with E-state index in [4.69, 9.17) is 27.9 Å². The highest BCUT2D eigenvalue weighted by molar-refractivity contribution is 6.42. The molecule has 2 rings (SSSR count). The molecular weight excluding hydrogens is 365 g/mol. The number of anilines is 1. The molecule has 0 aliphatic rings. The van der Waals surface area contributed by atoms with Crippen LogP contribution in [-0.4, -0.2) is 29.2 Å². The van der Waals surface area contributed by atoms with E-state index in [9.17, 15) is 4.79 Å². The van der Waals surface area contributed by atoms with Crippen LogP contribution in [0.25, 0.3) is 0 Å². The minimum absolute atomic E-state index is 0.102. The Hall–Kier alpha value is -2.25. The van der Waals surface area contributed by atoms with E-state index < -0.39 is 6.03 Å². The first kappa shape index (κ1) is 19.1. The van der Waals surface area contributed by atoms with Crippen LogP contribution >= 0.6 is 23.2 Å². The van der Waals surface area contributed by atoms with Gasteiger partial charge < -0.3 is 10.1 Å². The predicted molar refractivity (Wildman–Crippen MR) is 98.2 cm³/mol. The van der Waals surface area contributed by atoms with E-state index in [0.29, 0.717) is 19.6 Å². The normalized spacial score (nSPS) is 10.2. The molecule has 3 N–H and O–H groups in total. The summed E-state index contributed by atoms with van der Waals surface area (Å²) in [6.45, 7) is 5.00. The number of urea groups is 1. The smallest absolute Gasteiger partial charge is 0.333 e. The van der Waals surface area contributed by atoms with Crippen LogP contribution in [0.2, 0.25) is 10.2 Å². The SMILES string of the molecule is Cc1ccc(OCCCNC(=O)NNc2ncnc(Cl)c2Cl)c(C)c1. The van der Waals surface area contributed by atoms with Crippen molar-refractivity contribution in [3.63, 3.8) is 0 Å². The van der Waals surface area contributed by atoms with Gasteiger partial charge in [0.15, 0.2) is 11.0 Å². The van der Waals surface area contributed by atoms with Crippen molar-refractivity contribution in [1.29, 1.82) is 0 Å². The van der Waals surface area contributed by atoms with Gasteiger partial charge >= 0.3 is 6.03 Å². The van der Waals surface area contributed by atoms with Crippen LogP contribution in [0.15, 0.2) is 24.5 Å². The van der Waals surface area contributed by atoms with Gasteiger partial charge in [-0.15, -0.1) is 0 Å². The quantitative estimate of drug-likeness (QED) is 0.386. The molecule has 0 spiro atoms. The number of hydrogen-bond acceptors (Lipinski definition) is 5. The van der Waals surface area contributed by atoms with E-state index in [1.165, 1.54) is 11.9 Å². The number of hydrogen-bond donors (Lipinski definition) is 3. The van der Waals surface area contributed by atoms with Crippen LogP contribution in [0.4, 0.5) is 10.6 Å². The Bertz CT molecular complexity index is 742. The number of hydrazine groups is 1. The fourth-order valence-corrected chi connectivity index (χ4v) is 2.29. The number of rotatable bonds is 7. The molecule has 0 saturated heterocycles. The number of nitrogens with one attached hydrogen (secondary N) is 3. The molecular formula is C16H19Cl2N5O2. The molecule has 0 bridgehead atoms. The summed E-state index contributed by atoms with van der Waals surface area (Å²) in [5.74, 6) is 1.07. The molecule has 0 radical (unpaired) electrons. The zero-order valence-corrected chi connectivity index (χ0v) is 15.4. The molecule has 1 aromatic heterocycles. The zero-order valence-electron chi connectivity index (χ0n) is 13.9. The van der Waals surface area contributed by atoms with Gasteiger partial charge in [0, 0.05) is 6.54 Å². The Morgan fingerprint density at radius 3 is 2.80 bits per heavy atom. The van der Waals surface area contributed by atoms with Crippen LogP contribution < -0.4 is 20.9 Å². The summed E-state index contributed by atoms with van der Waals surface area (Å²) in [7, 11) is 0. The second kappa shape index (κ2) is 9.29. The third kappa shape index (κ3) is 5.95. The summed E-state index contributed by atoms with van der Waals surface area (Å²) in [5.41, 5.74) is 7.28. The fraction of sp³-hybridized carbons (Fsp3) is 0.312. The summed E-state index contributed by atoms with van der Waals surface area (Å²) in [4.78, 5) is 19.3. The van der Waals surface area contributed by atoms with E-state index >= 15 is 0 Å². The third-order valence-electron chi connectivity index (χ3n) is 3.24. The van der Waals surface area contributed by atoms with Crippen LogP contribution in [0.1, 0.15) is 17.5 Å². The Kier molecular flexibility index (Phi) is 7.09. The topological polar surface area (TPSA) is 88.2 Å². The van der Waals surface area contributed by atoms with Gasteiger partial charge in [-0.2, -0.15) is 0 Å². The summed E-state index contributed by atoms with van der Waals surface area (Å²) in [6.07, 6.45) is 1.90. The van der Waals surface area contributed by atoms with Crippen molar-refractivity contribution in [2.75, 3.05) is 18.6 Å². The lowest BCUT2D eigenvalue weighted by molar-refractivity contribution is 0.241. The number of benzene rings is 1. The highest BCUT2D eigenvalue weighted by Crippen LogP contribution is 2.24. The number of amides is 2. The summed E-state index contributed by atoms with van der Waals surface area (Å²) in [6, 6.07) is 5.60. The largest absolute Gasteiger partial charge is 0.493 e. The van der Waals surface area contributed by atoms with Crippen molar-refractivity contribution in [3.8, 4) is 5.75 Å². The van der Waals surface area contributed by atoms with Crippen molar-refractivity contribution in [1.82, 2.24) is 20.7 Å². The molecule has 2 amide bonds. The number of carbonyl (C=O) groups is 1. The van der Waals surface area contributed by atoms with Gasteiger partial charge in [0.2, 0.25) is 0 Å². The van der Waals surface area contributed by atoms with Crippen LogP contribution in [-0.2, 0) is 0 Å². The van der Waals surface area contributed by atoms with E-state index in [1.54, 1.807) is 0 Å². The lowest BCUT2D eigenvalue weighted by Crippen LogP contribution is -2.40. The fourth-order valence-electron chi connectivity index (χ4n) is 2.01. The molecule has 0 fully saturated rings. The summed E-state index contributed by atoms with van der Waals surface area (Å²) >= 11 is 11.6. The van der Waals surface area contributed by atoms with Gasteiger partial charge in [-0.3, -0.25) is 10.9 Å². The highest BCUT2D eigenvalue weighted by Gasteiger charge is 2.08. The van der Waals surface area contributed by atoms with Gasteiger partial charge in [0.25, 0.3) is 0 Å². The molecule has 7 nitrogen and oxygen atoms in total. The third-order valence-corrected chi connectivity index (χ3v) is 3.98. The first-order valence-corrected chi connectivity index (χ1v) is 8.39. The van der Waals surface area contributed by atoms with E-state index in [2.05, 4.69) is 32.2 Å². The first-order valence-electron chi connectivity index (χ1n) is 7.63. The van der Waals surface area contributed by atoms with Gasteiger partial charge in [-0.25, -0.2) is 14.8 Å². The number of aromatic nitrogens is 2. The highest BCUT2D eigenvalue weighted by atomic mass is 35.5. The van der Waals surface area contributed by atoms with Gasteiger partial charge in [-0.1, -0.05) is 40.9 Å². The maximum absolute atomic E-state index is 11.7. The lowest BCUT2D eigenvalue weighted by atomic mass is 10.1.